The Bertz CT molecular complexity index is 1050. The molecule has 5 nitrogen and oxygen atoms in total. The molecule has 1 N–H and O–H groups in total. The zero-order valence-electron chi connectivity index (χ0n) is 14.8. The van der Waals surface area contributed by atoms with E-state index in [1.807, 2.05) is 46.8 Å². The Morgan fingerprint density at radius 1 is 1.04 bits per heavy atom. The summed E-state index contributed by atoms with van der Waals surface area (Å²) in [6.07, 6.45) is 0. The van der Waals surface area contributed by atoms with Crippen molar-refractivity contribution in [3.63, 3.8) is 0 Å². The molecule has 3 aromatic rings. The normalized spacial score (nSPS) is 11.7. The molecule has 0 bridgehead atoms. The topological polar surface area (TPSA) is 72.2 Å². The Morgan fingerprint density at radius 3 is 2.32 bits per heavy atom. The van der Waals surface area contributed by atoms with Crippen molar-refractivity contribution in [1.82, 2.24) is 5.16 Å². The van der Waals surface area contributed by atoms with Gasteiger partial charge in [0.2, 0.25) is 0 Å². The molecule has 25 heavy (non-hydrogen) atoms. The first-order chi connectivity index (χ1) is 11.7. The summed E-state index contributed by atoms with van der Waals surface area (Å²) in [5.74, 6) is 0.518. The van der Waals surface area contributed by atoms with Crippen molar-refractivity contribution in [3.05, 3.63) is 50.8 Å². The first kappa shape index (κ1) is 17.7. The van der Waals surface area contributed by atoms with Gasteiger partial charge in [-0.1, -0.05) is 23.4 Å². The number of thiophene rings is 1. The molecule has 0 fully saturated rings. The fraction of sp³-hybridized carbons (Fsp3) is 0.278. The Morgan fingerprint density at radius 2 is 1.72 bits per heavy atom. The summed E-state index contributed by atoms with van der Waals surface area (Å²) in [4.78, 5) is 1.88. The lowest BCUT2D eigenvalue weighted by molar-refractivity contribution is 0.426. The summed E-state index contributed by atoms with van der Waals surface area (Å²) in [5, 5.41) is 3.98. The molecule has 0 saturated carbocycles. The van der Waals surface area contributed by atoms with Crippen LogP contribution in [0.2, 0.25) is 0 Å². The van der Waals surface area contributed by atoms with Gasteiger partial charge in [-0.2, -0.15) is 0 Å². The number of nitrogens with zero attached hydrogens (tertiary/aromatic N) is 1. The van der Waals surface area contributed by atoms with Gasteiger partial charge in [-0.3, -0.25) is 4.72 Å². The maximum atomic E-state index is 13.1. The third kappa shape index (κ3) is 3.09. The highest BCUT2D eigenvalue weighted by molar-refractivity contribution is 7.93. The van der Waals surface area contributed by atoms with E-state index in [-0.39, 0.29) is 4.90 Å². The van der Waals surface area contributed by atoms with Gasteiger partial charge in [0.1, 0.15) is 4.90 Å². The number of hydrogen-bond donors (Lipinski definition) is 1. The molecule has 3 rings (SSSR count). The van der Waals surface area contributed by atoms with Crippen LogP contribution in [0.15, 0.2) is 33.7 Å². The third-order valence-corrected chi connectivity index (χ3v) is 6.93. The highest BCUT2D eigenvalue weighted by Crippen LogP contribution is 2.41. The maximum absolute atomic E-state index is 13.1. The number of benzene rings is 1. The number of nitrogens with one attached hydrogen (secondary N) is 1. The van der Waals surface area contributed by atoms with Gasteiger partial charge in [-0.05, 0) is 46.2 Å². The molecule has 0 atom stereocenters. The van der Waals surface area contributed by atoms with Crippen LogP contribution in [0.25, 0.3) is 11.3 Å². The summed E-state index contributed by atoms with van der Waals surface area (Å²) in [6.45, 7) is 9.31. The summed E-state index contributed by atoms with van der Waals surface area (Å²) in [7, 11) is -3.76. The average Bonchev–Trinajstić information content (AvgIpc) is 3.01. The number of aryl methyl sites for hydroxylation is 4. The van der Waals surface area contributed by atoms with Crippen molar-refractivity contribution in [3.8, 4) is 11.3 Å². The molecule has 0 radical (unpaired) electrons. The van der Waals surface area contributed by atoms with E-state index in [1.165, 1.54) is 11.3 Å². The number of aromatic nitrogens is 1. The van der Waals surface area contributed by atoms with Gasteiger partial charge < -0.3 is 4.52 Å². The van der Waals surface area contributed by atoms with Crippen LogP contribution in [0.4, 0.5) is 5.69 Å². The van der Waals surface area contributed by atoms with Crippen LogP contribution in [0, 0.1) is 34.6 Å². The molecule has 1 aromatic carbocycles. The predicted octanol–water partition coefficient (Wildman–Crippen LogP) is 4.75. The predicted molar refractivity (Wildman–Crippen MR) is 101 cm³/mol. The Kier molecular flexibility index (Phi) is 4.47. The minimum Gasteiger partial charge on any atom is -0.356 e. The molecule has 0 amide bonds. The van der Waals surface area contributed by atoms with Crippen LogP contribution < -0.4 is 4.72 Å². The van der Waals surface area contributed by atoms with Crippen LogP contribution in [-0.2, 0) is 10.0 Å². The summed E-state index contributed by atoms with van der Waals surface area (Å²) in [5.41, 5.74) is 3.65. The number of rotatable bonds is 4. The third-order valence-electron chi connectivity index (χ3n) is 4.25. The van der Waals surface area contributed by atoms with E-state index in [0.29, 0.717) is 17.0 Å². The number of sulfonamides is 1. The summed E-state index contributed by atoms with van der Waals surface area (Å²) >= 11 is 1.44. The van der Waals surface area contributed by atoms with Gasteiger partial charge in [0.25, 0.3) is 10.0 Å². The lowest BCUT2D eigenvalue weighted by atomic mass is 10.1. The van der Waals surface area contributed by atoms with E-state index in [2.05, 4.69) is 9.88 Å². The highest BCUT2D eigenvalue weighted by Gasteiger charge is 2.30. The fourth-order valence-corrected chi connectivity index (χ4v) is 5.76. The van der Waals surface area contributed by atoms with E-state index in [9.17, 15) is 8.42 Å². The number of anilines is 1. The first-order valence-electron chi connectivity index (χ1n) is 7.84. The van der Waals surface area contributed by atoms with E-state index >= 15 is 0 Å². The van der Waals surface area contributed by atoms with Crippen molar-refractivity contribution in [1.29, 1.82) is 0 Å². The van der Waals surface area contributed by atoms with Crippen LogP contribution in [0.5, 0.6) is 0 Å². The van der Waals surface area contributed by atoms with Crippen molar-refractivity contribution in [2.75, 3.05) is 4.72 Å². The maximum Gasteiger partial charge on any atom is 0.263 e. The first-order valence-corrected chi connectivity index (χ1v) is 10.1. The van der Waals surface area contributed by atoms with Crippen molar-refractivity contribution in [2.24, 2.45) is 0 Å². The van der Waals surface area contributed by atoms with Gasteiger partial charge in [-0.25, -0.2) is 8.42 Å². The van der Waals surface area contributed by atoms with Crippen LogP contribution in [0.1, 0.15) is 26.6 Å². The molecule has 7 heteroatoms. The SMILES string of the molecule is Cc1ccccc1NS(=O)(=O)c1c(C)sc(C)c1-c1onc(C)c1C. The van der Waals surface area contributed by atoms with E-state index < -0.39 is 10.0 Å². The van der Waals surface area contributed by atoms with Gasteiger partial charge in [-0.15, -0.1) is 11.3 Å². The van der Waals surface area contributed by atoms with Crippen LogP contribution in [-0.4, -0.2) is 13.6 Å². The second-order valence-electron chi connectivity index (χ2n) is 6.06. The van der Waals surface area contributed by atoms with E-state index in [1.54, 1.807) is 12.1 Å². The number of para-hydroxylation sites is 1. The molecular formula is C18H20N2O3S2. The quantitative estimate of drug-likeness (QED) is 0.713. The summed E-state index contributed by atoms with van der Waals surface area (Å²) in [6, 6.07) is 7.31. The lowest BCUT2D eigenvalue weighted by Gasteiger charge is -2.12. The number of hydrogen-bond acceptors (Lipinski definition) is 5. The minimum atomic E-state index is -3.76. The van der Waals surface area contributed by atoms with Gasteiger partial charge >= 0.3 is 0 Å². The fourth-order valence-electron chi connectivity index (χ4n) is 2.78. The average molecular weight is 377 g/mol. The van der Waals surface area contributed by atoms with Crippen LogP contribution >= 0.6 is 11.3 Å². The molecular weight excluding hydrogens is 356 g/mol. The van der Waals surface area contributed by atoms with Gasteiger partial charge in [0.15, 0.2) is 5.76 Å². The van der Waals surface area contributed by atoms with Crippen molar-refractivity contribution >= 4 is 27.0 Å². The Balaban J connectivity index is 2.17. The Labute approximate surface area is 151 Å². The molecule has 0 aliphatic carbocycles. The second kappa shape index (κ2) is 6.31. The van der Waals surface area contributed by atoms with E-state index in [4.69, 9.17) is 4.52 Å². The standard InChI is InChI=1S/C18H20N2O3S2/c1-10-8-6-7-9-15(10)20-25(21,22)18-14(5)24-13(4)16(18)17-11(2)12(3)19-23-17/h6-9,20H,1-5H3. The van der Waals surface area contributed by atoms with Crippen molar-refractivity contribution < 1.29 is 12.9 Å². The molecule has 132 valence electrons. The second-order valence-corrected chi connectivity index (χ2v) is 9.11. The monoisotopic (exact) mass is 376 g/mol. The van der Waals surface area contributed by atoms with E-state index in [0.717, 1.165) is 26.6 Å². The smallest absolute Gasteiger partial charge is 0.263 e. The molecule has 0 spiro atoms. The molecule has 0 aliphatic rings. The molecule has 2 heterocycles. The van der Waals surface area contributed by atoms with Crippen LogP contribution in [0.3, 0.4) is 0 Å². The van der Waals surface area contributed by atoms with Gasteiger partial charge in [0, 0.05) is 15.3 Å². The highest BCUT2D eigenvalue weighted by atomic mass is 32.2. The zero-order chi connectivity index (χ0) is 18.4. The molecule has 0 unspecified atom stereocenters. The lowest BCUT2D eigenvalue weighted by Crippen LogP contribution is -2.15. The molecule has 0 aliphatic heterocycles. The molecule has 0 saturated heterocycles. The molecule has 2 aromatic heterocycles. The minimum absolute atomic E-state index is 0.262. The zero-order valence-corrected chi connectivity index (χ0v) is 16.4. The Hall–Kier alpha value is -2.12. The largest absolute Gasteiger partial charge is 0.356 e. The van der Waals surface area contributed by atoms with Crippen molar-refractivity contribution in [2.45, 2.75) is 39.5 Å². The van der Waals surface area contributed by atoms with Gasteiger partial charge in [0.05, 0.1) is 16.9 Å². The summed E-state index contributed by atoms with van der Waals surface area (Å²) < 4.78 is 34.4.